The van der Waals surface area contributed by atoms with E-state index in [0.29, 0.717) is 6.54 Å². The van der Waals surface area contributed by atoms with Gasteiger partial charge in [0.2, 0.25) is 0 Å². The topological polar surface area (TPSA) is 90.5 Å². The van der Waals surface area contributed by atoms with Gasteiger partial charge in [-0.15, -0.1) is 0 Å². The molecule has 0 amide bonds. The van der Waals surface area contributed by atoms with E-state index in [1.807, 2.05) is 43.4 Å². The van der Waals surface area contributed by atoms with E-state index < -0.39 is 5.17 Å². The van der Waals surface area contributed by atoms with Crippen molar-refractivity contribution in [3.63, 3.8) is 0 Å². The molecule has 0 fully saturated rings. The number of aliphatic hydroxyl groups is 2. The molecule has 0 aliphatic carbocycles. The van der Waals surface area contributed by atoms with E-state index >= 15 is 0 Å². The van der Waals surface area contributed by atoms with E-state index in [1.54, 1.807) is 0 Å². The summed E-state index contributed by atoms with van der Waals surface area (Å²) in [5, 5.41) is 20.8. The smallest absolute Gasteiger partial charge is 0.0623 e. The summed E-state index contributed by atoms with van der Waals surface area (Å²) >= 11 is 8.20. The molecule has 0 heterocycles. The zero-order valence-electron chi connectivity index (χ0n) is 10.2. The Hall–Kier alpha value is -0.440. The minimum Gasteiger partial charge on any atom is -0.0623 e. The molecule has 0 saturated heterocycles. The van der Waals surface area contributed by atoms with Gasteiger partial charge < -0.3 is 26.6 Å². The summed E-state index contributed by atoms with van der Waals surface area (Å²) in [7, 11) is 1.84. The fourth-order valence-corrected chi connectivity index (χ4v) is 0.781. The zero-order valence-corrected chi connectivity index (χ0v) is 11.8. The van der Waals surface area contributed by atoms with Crippen molar-refractivity contribution in [2.75, 3.05) is 20.1 Å². The van der Waals surface area contributed by atoms with Crippen LogP contribution in [0, 0.1) is 0 Å². The molecule has 0 spiro atoms. The van der Waals surface area contributed by atoms with E-state index in [1.165, 1.54) is 0 Å². The number of hydrogen-bond acceptors (Lipinski definition) is 3. The molecule has 5 nitrogen and oxygen atoms in total. The molecule has 104 valence electrons. The number of rotatable bonds is 3. The molecule has 0 aliphatic heterocycles. The van der Waals surface area contributed by atoms with Crippen molar-refractivity contribution in [1.82, 2.24) is 10.6 Å². The molecule has 1 aromatic carbocycles. The van der Waals surface area contributed by atoms with Gasteiger partial charge in [-0.3, -0.25) is 0 Å². The molecular formula is C11H20N3NaO2S2. The van der Waals surface area contributed by atoms with Crippen molar-refractivity contribution in [2.24, 2.45) is 5.73 Å². The molecule has 0 unspecified atom stereocenters. The zero-order chi connectivity index (χ0) is 14.2. The normalized spacial score (nSPS) is 7.42. The van der Waals surface area contributed by atoms with E-state index in [9.17, 15) is 0 Å². The molecule has 0 radical (unpaired) electrons. The van der Waals surface area contributed by atoms with Crippen LogP contribution in [0.15, 0.2) is 36.4 Å². The molecule has 0 aliphatic rings. The fourth-order valence-electron chi connectivity index (χ4n) is 0.679. The molecule has 19 heavy (non-hydrogen) atoms. The number of benzene rings is 1. The number of thiocarbonyl (C=S) groups is 2. The monoisotopic (exact) mass is 313 g/mol. The summed E-state index contributed by atoms with van der Waals surface area (Å²) in [6.07, 6.45) is 0. The van der Waals surface area contributed by atoms with Crippen molar-refractivity contribution >= 4 is 64.3 Å². The van der Waals surface area contributed by atoms with Gasteiger partial charge >= 0.3 is 29.6 Å². The van der Waals surface area contributed by atoms with Gasteiger partial charge in [0.15, 0.2) is 0 Å². The molecule has 0 aromatic heterocycles. The maximum absolute atomic E-state index is 8.37. The minimum atomic E-state index is -0.500. The third-order valence-electron chi connectivity index (χ3n) is 1.32. The third kappa shape index (κ3) is 38.1. The molecule has 8 heteroatoms. The molecule has 0 atom stereocenters. The first kappa shape index (κ1) is 23.6. The first-order chi connectivity index (χ1) is 8.50. The predicted molar refractivity (Wildman–Crippen MR) is 90.2 cm³/mol. The number of likely N-dealkylation sites (N-methyl/N-ethyl adjacent to an activating group) is 1. The second kappa shape index (κ2) is 19.9. The van der Waals surface area contributed by atoms with Crippen molar-refractivity contribution in [3.05, 3.63) is 36.4 Å². The Morgan fingerprint density at radius 2 is 1.32 bits per heavy atom. The van der Waals surface area contributed by atoms with Crippen LogP contribution in [0.5, 0.6) is 0 Å². The van der Waals surface area contributed by atoms with Gasteiger partial charge in [0, 0.05) is 13.1 Å². The quantitative estimate of drug-likeness (QED) is 0.315. The molecule has 0 saturated carbocycles. The first-order valence-corrected chi connectivity index (χ1v) is 5.92. The second-order valence-corrected chi connectivity index (χ2v) is 3.63. The third-order valence-corrected chi connectivity index (χ3v) is 1.46. The van der Waals surface area contributed by atoms with Crippen molar-refractivity contribution in [3.8, 4) is 0 Å². The second-order valence-electron chi connectivity index (χ2n) is 2.83. The molecular weight excluding hydrogens is 293 g/mol. The summed E-state index contributed by atoms with van der Waals surface area (Å²) in [4.78, 5) is 0. The van der Waals surface area contributed by atoms with Crippen LogP contribution >= 0.6 is 24.4 Å². The minimum absolute atomic E-state index is 0. The Balaban J connectivity index is -0.000000208. The van der Waals surface area contributed by atoms with E-state index in [0.717, 1.165) is 6.54 Å². The standard InChI is InChI=1S/C6H6.C4H10N2OS.CH3NOS.Na.H/c1-2-4-6-5-3-1;1-5-2-3-6-4(7)8;2-1(3)4;;/h1-6H;5H,2-3H2,1H3,(H2,6,7,8);(H3,2,3,4);;. The number of nitrogens with one attached hydrogen (secondary N) is 2. The average molecular weight is 313 g/mol. The van der Waals surface area contributed by atoms with Gasteiger partial charge in [-0.1, -0.05) is 36.4 Å². The predicted octanol–water partition coefficient (Wildman–Crippen LogP) is 0.464. The Kier molecular flexibility index (Phi) is 24.7. The summed E-state index contributed by atoms with van der Waals surface area (Å²) in [5.74, 6) is 0. The molecule has 1 rings (SSSR count). The Morgan fingerprint density at radius 1 is 1.00 bits per heavy atom. The molecule has 6 N–H and O–H groups in total. The van der Waals surface area contributed by atoms with Gasteiger partial charge in [-0.05, 0) is 31.5 Å². The van der Waals surface area contributed by atoms with Crippen LogP contribution in [0.3, 0.4) is 0 Å². The van der Waals surface area contributed by atoms with E-state index in [4.69, 9.17) is 10.2 Å². The van der Waals surface area contributed by atoms with Gasteiger partial charge in [0.1, 0.15) is 0 Å². The van der Waals surface area contributed by atoms with Crippen molar-refractivity contribution < 1.29 is 10.2 Å². The average Bonchev–Trinajstić information content (AvgIpc) is 2.31. The summed E-state index contributed by atoms with van der Waals surface area (Å²) in [6, 6.07) is 12.0. The summed E-state index contributed by atoms with van der Waals surface area (Å²) < 4.78 is 0. The van der Waals surface area contributed by atoms with Gasteiger partial charge in [-0.25, -0.2) is 0 Å². The van der Waals surface area contributed by atoms with Gasteiger partial charge in [0.05, 0.1) is 0 Å². The van der Waals surface area contributed by atoms with Crippen LogP contribution in [0.25, 0.3) is 0 Å². The van der Waals surface area contributed by atoms with E-state index in [2.05, 4.69) is 40.8 Å². The Bertz CT molecular complexity index is 285. The van der Waals surface area contributed by atoms with E-state index in [-0.39, 0.29) is 34.7 Å². The molecule has 1 aromatic rings. The van der Waals surface area contributed by atoms with Gasteiger partial charge in [0.25, 0.3) is 10.3 Å². The van der Waals surface area contributed by atoms with Crippen molar-refractivity contribution in [1.29, 1.82) is 0 Å². The number of hydrogen-bond donors (Lipinski definition) is 5. The van der Waals surface area contributed by atoms with Crippen LogP contribution in [-0.2, 0) is 0 Å². The van der Waals surface area contributed by atoms with Crippen molar-refractivity contribution in [2.45, 2.75) is 0 Å². The largest absolute Gasteiger partial charge is 0.0623 e. The van der Waals surface area contributed by atoms with Crippen LogP contribution in [0.2, 0.25) is 0 Å². The fraction of sp³-hybridized carbons (Fsp3) is 0.273. The van der Waals surface area contributed by atoms with Crippen LogP contribution in [0.1, 0.15) is 0 Å². The van der Waals surface area contributed by atoms with Crippen LogP contribution < -0.4 is 16.4 Å². The van der Waals surface area contributed by atoms with Gasteiger partial charge in [-0.2, -0.15) is 0 Å². The molecule has 0 bridgehead atoms. The SMILES string of the molecule is CNCCNC(O)=S.NC(O)=S.[NaH].c1ccccc1. The summed E-state index contributed by atoms with van der Waals surface area (Å²) in [5.41, 5.74) is 4.40. The van der Waals surface area contributed by atoms with Crippen LogP contribution in [-0.4, -0.2) is 70.3 Å². The maximum atomic E-state index is 8.37. The van der Waals surface area contributed by atoms with Crippen LogP contribution in [0.4, 0.5) is 0 Å². The maximum Gasteiger partial charge on any atom is -0.0623 e. The number of nitrogens with two attached hydrogens (primary N) is 1. The number of aliphatic hydroxyl groups excluding tert-OH is 2. The summed E-state index contributed by atoms with van der Waals surface area (Å²) in [6.45, 7) is 1.48. The Labute approximate surface area is 146 Å². The Morgan fingerprint density at radius 3 is 1.53 bits per heavy atom. The first-order valence-electron chi connectivity index (χ1n) is 5.10.